The second-order valence-electron chi connectivity index (χ2n) is 7.11. The van der Waals surface area contributed by atoms with Crippen LogP contribution in [0.15, 0.2) is 71.1 Å². The maximum absolute atomic E-state index is 6.08. The van der Waals surface area contributed by atoms with Crippen molar-refractivity contribution in [2.45, 2.75) is 26.2 Å². The molecule has 114 valence electrons. The monoisotopic (exact) mass is 300 g/mol. The van der Waals surface area contributed by atoms with Gasteiger partial charge in [0.05, 0.1) is 0 Å². The number of fused-ring (bicyclic) bond motifs is 3. The summed E-state index contributed by atoms with van der Waals surface area (Å²) in [6, 6.07) is 23.4. The van der Waals surface area contributed by atoms with Gasteiger partial charge in [-0.1, -0.05) is 69.3 Å². The second-order valence-corrected chi connectivity index (χ2v) is 7.11. The number of benzene rings is 3. The Bertz CT molecular complexity index is 985. The van der Waals surface area contributed by atoms with Crippen LogP contribution >= 0.6 is 0 Å². The summed E-state index contributed by atoms with van der Waals surface area (Å²) in [5.41, 5.74) is 5.81. The van der Waals surface area contributed by atoms with Crippen molar-refractivity contribution in [3.8, 4) is 11.1 Å². The molecule has 0 aliphatic heterocycles. The fraction of sp³-hybridized carbons (Fsp3) is 0.182. The van der Waals surface area contributed by atoms with E-state index in [0.29, 0.717) is 0 Å². The van der Waals surface area contributed by atoms with Crippen LogP contribution in [0.25, 0.3) is 33.1 Å². The zero-order valence-corrected chi connectivity index (χ0v) is 13.8. The van der Waals surface area contributed by atoms with E-state index in [1.54, 1.807) is 0 Å². The van der Waals surface area contributed by atoms with E-state index in [1.807, 2.05) is 0 Å². The van der Waals surface area contributed by atoms with Crippen LogP contribution in [0.3, 0.4) is 0 Å². The van der Waals surface area contributed by atoms with Gasteiger partial charge in [0.2, 0.25) is 0 Å². The summed E-state index contributed by atoms with van der Waals surface area (Å²) in [7, 11) is 0. The highest BCUT2D eigenvalue weighted by Crippen LogP contribution is 2.38. The molecule has 0 saturated heterocycles. The average molecular weight is 300 g/mol. The van der Waals surface area contributed by atoms with Crippen molar-refractivity contribution in [2.24, 2.45) is 0 Å². The maximum Gasteiger partial charge on any atom is 0.136 e. The minimum Gasteiger partial charge on any atom is -0.456 e. The van der Waals surface area contributed by atoms with Crippen LogP contribution in [-0.2, 0) is 5.41 Å². The Labute approximate surface area is 136 Å². The molecule has 0 atom stereocenters. The van der Waals surface area contributed by atoms with Crippen LogP contribution in [-0.4, -0.2) is 0 Å². The standard InChI is InChI=1S/C22H20O/c1-22(2,3)16-12-13-19-18(14-16)21-17(10-7-11-20(21)23-19)15-8-5-4-6-9-15/h4-14H,1-3H3. The zero-order valence-electron chi connectivity index (χ0n) is 13.8. The molecule has 1 heteroatoms. The summed E-state index contributed by atoms with van der Waals surface area (Å²) in [4.78, 5) is 0. The highest BCUT2D eigenvalue weighted by molar-refractivity contribution is 6.12. The summed E-state index contributed by atoms with van der Waals surface area (Å²) >= 11 is 0. The normalized spacial score (nSPS) is 12.1. The van der Waals surface area contributed by atoms with Crippen molar-refractivity contribution in [2.75, 3.05) is 0 Å². The Morgan fingerprint density at radius 2 is 1.52 bits per heavy atom. The molecule has 1 aromatic heterocycles. The molecule has 0 fully saturated rings. The Kier molecular flexibility index (Phi) is 3.05. The summed E-state index contributed by atoms with van der Waals surface area (Å²) in [5, 5.41) is 2.41. The van der Waals surface area contributed by atoms with Gasteiger partial charge in [-0.05, 0) is 40.3 Å². The lowest BCUT2D eigenvalue weighted by Gasteiger charge is -2.18. The van der Waals surface area contributed by atoms with Crippen molar-refractivity contribution in [3.05, 3.63) is 72.3 Å². The molecular formula is C22H20O. The number of hydrogen-bond acceptors (Lipinski definition) is 1. The molecule has 0 N–H and O–H groups in total. The van der Waals surface area contributed by atoms with Gasteiger partial charge in [-0.25, -0.2) is 0 Å². The lowest BCUT2D eigenvalue weighted by atomic mass is 9.86. The van der Waals surface area contributed by atoms with Crippen molar-refractivity contribution in [3.63, 3.8) is 0 Å². The van der Waals surface area contributed by atoms with Crippen LogP contribution < -0.4 is 0 Å². The molecule has 0 amide bonds. The Balaban J connectivity index is 2.09. The molecule has 1 heterocycles. The van der Waals surface area contributed by atoms with Gasteiger partial charge in [-0.3, -0.25) is 0 Å². The fourth-order valence-corrected chi connectivity index (χ4v) is 3.15. The lowest BCUT2D eigenvalue weighted by molar-refractivity contribution is 0.590. The van der Waals surface area contributed by atoms with Crippen molar-refractivity contribution in [1.29, 1.82) is 0 Å². The van der Waals surface area contributed by atoms with E-state index in [-0.39, 0.29) is 5.41 Å². The molecular weight excluding hydrogens is 280 g/mol. The predicted molar refractivity (Wildman–Crippen MR) is 97.9 cm³/mol. The Hall–Kier alpha value is -2.54. The quantitative estimate of drug-likeness (QED) is 0.388. The smallest absolute Gasteiger partial charge is 0.136 e. The molecule has 0 aliphatic rings. The highest BCUT2D eigenvalue weighted by atomic mass is 16.3. The van der Waals surface area contributed by atoms with E-state index >= 15 is 0 Å². The Morgan fingerprint density at radius 1 is 0.739 bits per heavy atom. The second kappa shape index (κ2) is 4.99. The predicted octanol–water partition coefficient (Wildman–Crippen LogP) is 6.55. The van der Waals surface area contributed by atoms with Crippen LogP contribution in [0.5, 0.6) is 0 Å². The first-order valence-corrected chi connectivity index (χ1v) is 8.05. The van der Waals surface area contributed by atoms with Crippen LogP contribution in [0.1, 0.15) is 26.3 Å². The minimum atomic E-state index is 0.124. The van der Waals surface area contributed by atoms with E-state index < -0.39 is 0 Å². The van der Waals surface area contributed by atoms with Gasteiger partial charge in [-0.2, -0.15) is 0 Å². The van der Waals surface area contributed by atoms with Gasteiger partial charge in [0.15, 0.2) is 0 Å². The van der Waals surface area contributed by atoms with E-state index in [4.69, 9.17) is 4.42 Å². The molecule has 0 saturated carbocycles. The third kappa shape index (κ3) is 2.33. The molecule has 0 bridgehead atoms. The van der Waals surface area contributed by atoms with Crippen LogP contribution in [0, 0.1) is 0 Å². The topological polar surface area (TPSA) is 13.1 Å². The molecule has 1 nitrogen and oxygen atoms in total. The largest absolute Gasteiger partial charge is 0.456 e. The van der Waals surface area contributed by atoms with Gasteiger partial charge < -0.3 is 4.42 Å². The first-order valence-electron chi connectivity index (χ1n) is 8.05. The van der Waals surface area contributed by atoms with E-state index in [9.17, 15) is 0 Å². The summed E-state index contributed by atoms with van der Waals surface area (Å²) < 4.78 is 6.08. The number of rotatable bonds is 1. The number of furan rings is 1. The highest BCUT2D eigenvalue weighted by Gasteiger charge is 2.17. The van der Waals surface area contributed by atoms with Crippen molar-refractivity contribution in [1.82, 2.24) is 0 Å². The molecule has 4 rings (SSSR count). The minimum absolute atomic E-state index is 0.124. The molecule has 3 aromatic carbocycles. The van der Waals surface area contributed by atoms with Crippen molar-refractivity contribution >= 4 is 21.9 Å². The molecule has 0 radical (unpaired) electrons. The first-order chi connectivity index (χ1) is 11.0. The fourth-order valence-electron chi connectivity index (χ4n) is 3.15. The van der Waals surface area contributed by atoms with Gasteiger partial charge >= 0.3 is 0 Å². The summed E-state index contributed by atoms with van der Waals surface area (Å²) in [6.45, 7) is 6.73. The Morgan fingerprint density at radius 3 is 2.26 bits per heavy atom. The third-order valence-electron chi connectivity index (χ3n) is 4.45. The van der Waals surface area contributed by atoms with Crippen molar-refractivity contribution < 1.29 is 4.42 Å². The van der Waals surface area contributed by atoms with Crippen LogP contribution in [0.2, 0.25) is 0 Å². The zero-order chi connectivity index (χ0) is 16.0. The number of hydrogen-bond donors (Lipinski definition) is 0. The van der Waals surface area contributed by atoms with E-state index in [2.05, 4.69) is 87.5 Å². The van der Waals surface area contributed by atoms with Gasteiger partial charge in [0, 0.05) is 10.8 Å². The molecule has 23 heavy (non-hydrogen) atoms. The molecule has 0 unspecified atom stereocenters. The molecule has 4 aromatic rings. The van der Waals surface area contributed by atoms with Gasteiger partial charge in [0.1, 0.15) is 11.2 Å². The van der Waals surface area contributed by atoms with E-state index in [0.717, 1.165) is 11.2 Å². The third-order valence-corrected chi connectivity index (χ3v) is 4.45. The molecule has 0 spiro atoms. The summed E-state index contributed by atoms with van der Waals surface area (Å²) in [5.74, 6) is 0. The lowest BCUT2D eigenvalue weighted by Crippen LogP contribution is -2.10. The summed E-state index contributed by atoms with van der Waals surface area (Å²) in [6.07, 6.45) is 0. The average Bonchev–Trinajstić information content (AvgIpc) is 2.92. The first kappa shape index (κ1) is 14.1. The van der Waals surface area contributed by atoms with Gasteiger partial charge in [-0.15, -0.1) is 0 Å². The maximum atomic E-state index is 6.08. The van der Waals surface area contributed by atoms with Gasteiger partial charge in [0.25, 0.3) is 0 Å². The SMILES string of the molecule is CC(C)(C)c1ccc2oc3cccc(-c4ccccc4)c3c2c1. The van der Waals surface area contributed by atoms with Crippen LogP contribution in [0.4, 0.5) is 0 Å². The molecule has 0 aliphatic carbocycles. The van der Waals surface area contributed by atoms with E-state index in [1.165, 1.54) is 27.5 Å².